The van der Waals surface area contributed by atoms with Crippen molar-refractivity contribution in [1.29, 1.82) is 0 Å². The highest BCUT2D eigenvalue weighted by atomic mass is 32.2. The van der Waals surface area contributed by atoms with Crippen molar-refractivity contribution in [2.24, 2.45) is 0 Å². The predicted octanol–water partition coefficient (Wildman–Crippen LogP) is 0.695. The summed E-state index contributed by atoms with van der Waals surface area (Å²) < 4.78 is 28.4. The van der Waals surface area contributed by atoms with E-state index in [4.69, 9.17) is 0 Å². The minimum atomic E-state index is -3.33. The van der Waals surface area contributed by atoms with Gasteiger partial charge in [0.25, 0.3) is 10.2 Å². The molecule has 0 unspecified atom stereocenters. The molecule has 0 aromatic rings. The van der Waals surface area contributed by atoms with E-state index in [1.807, 2.05) is 6.92 Å². The van der Waals surface area contributed by atoms with Crippen LogP contribution in [0.4, 0.5) is 0 Å². The maximum atomic E-state index is 11.6. The predicted molar refractivity (Wildman–Crippen MR) is 70.1 cm³/mol. The SMILES string of the molecule is CCCNS(=O)(=O)NCC(C)(C)N1CCCC1. The molecular weight excluding hydrogens is 238 g/mol. The van der Waals surface area contributed by atoms with Gasteiger partial charge in [-0.2, -0.15) is 8.42 Å². The summed E-state index contributed by atoms with van der Waals surface area (Å²) in [6.45, 7) is 9.18. The fraction of sp³-hybridized carbons (Fsp3) is 1.00. The summed E-state index contributed by atoms with van der Waals surface area (Å²) in [6.07, 6.45) is 3.23. The number of hydrogen-bond donors (Lipinski definition) is 2. The van der Waals surface area contributed by atoms with Crippen LogP contribution in [0.5, 0.6) is 0 Å². The van der Waals surface area contributed by atoms with Crippen LogP contribution in [0.2, 0.25) is 0 Å². The van der Waals surface area contributed by atoms with Gasteiger partial charge in [0, 0.05) is 18.6 Å². The van der Waals surface area contributed by atoms with Gasteiger partial charge in [-0.1, -0.05) is 6.92 Å². The van der Waals surface area contributed by atoms with E-state index in [1.165, 1.54) is 12.8 Å². The molecule has 1 heterocycles. The summed E-state index contributed by atoms with van der Waals surface area (Å²) in [4.78, 5) is 2.34. The van der Waals surface area contributed by atoms with E-state index in [-0.39, 0.29) is 5.54 Å². The molecule has 6 heteroatoms. The molecule has 0 aromatic carbocycles. The first kappa shape index (κ1) is 14.9. The first-order valence-electron chi connectivity index (χ1n) is 6.37. The average Bonchev–Trinajstić information content (AvgIpc) is 2.78. The molecule has 1 aliphatic rings. The largest absolute Gasteiger partial charge is 0.297 e. The number of likely N-dealkylation sites (tertiary alicyclic amines) is 1. The van der Waals surface area contributed by atoms with Crippen LogP contribution >= 0.6 is 0 Å². The summed E-state index contributed by atoms with van der Waals surface area (Å²) in [5, 5.41) is 0. The zero-order valence-corrected chi connectivity index (χ0v) is 11.9. The van der Waals surface area contributed by atoms with Gasteiger partial charge in [-0.05, 0) is 46.2 Å². The average molecular weight is 263 g/mol. The normalized spacial score (nSPS) is 18.8. The number of nitrogens with one attached hydrogen (secondary N) is 2. The zero-order chi connectivity index (χ0) is 12.9. The molecule has 1 fully saturated rings. The lowest BCUT2D eigenvalue weighted by Gasteiger charge is -2.35. The molecule has 0 amide bonds. The van der Waals surface area contributed by atoms with Crippen molar-refractivity contribution in [3.63, 3.8) is 0 Å². The second kappa shape index (κ2) is 6.13. The van der Waals surface area contributed by atoms with Gasteiger partial charge >= 0.3 is 0 Å². The first-order valence-corrected chi connectivity index (χ1v) is 7.85. The summed E-state index contributed by atoms with van der Waals surface area (Å²) >= 11 is 0. The maximum absolute atomic E-state index is 11.6. The maximum Gasteiger partial charge on any atom is 0.276 e. The molecule has 0 spiro atoms. The van der Waals surface area contributed by atoms with Crippen molar-refractivity contribution in [1.82, 2.24) is 14.3 Å². The lowest BCUT2D eigenvalue weighted by Crippen LogP contribution is -2.52. The monoisotopic (exact) mass is 263 g/mol. The lowest BCUT2D eigenvalue weighted by atomic mass is 10.0. The summed E-state index contributed by atoms with van der Waals surface area (Å²) in [5.41, 5.74) is -0.114. The van der Waals surface area contributed by atoms with Crippen LogP contribution in [0.25, 0.3) is 0 Å². The molecular formula is C11H25N3O2S. The van der Waals surface area contributed by atoms with Crippen molar-refractivity contribution >= 4 is 10.2 Å². The van der Waals surface area contributed by atoms with Gasteiger partial charge in [-0.3, -0.25) is 4.90 Å². The van der Waals surface area contributed by atoms with Gasteiger partial charge in [-0.25, -0.2) is 9.44 Å². The Kier molecular flexibility index (Phi) is 5.37. The highest BCUT2D eigenvalue weighted by Gasteiger charge is 2.29. The zero-order valence-electron chi connectivity index (χ0n) is 11.1. The molecule has 1 aliphatic heterocycles. The van der Waals surface area contributed by atoms with E-state index in [0.717, 1.165) is 19.5 Å². The Morgan fingerprint density at radius 1 is 1.18 bits per heavy atom. The van der Waals surface area contributed by atoms with Gasteiger partial charge in [0.05, 0.1) is 0 Å². The molecule has 17 heavy (non-hydrogen) atoms. The number of hydrogen-bond acceptors (Lipinski definition) is 3. The van der Waals surface area contributed by atoms with E-state index in [1.54, 1.807) is 0 Å². The summed E-state index contributed by atoms with van der Waals surface area (Å²) in [6, 6.07) is 0. The second-order valence-corrected chi connectivity index (χ2v) is 6.81. The van der Waals surface area contributed by atoms with Crippen LogP contribution in [0, 0.1) is 0 Å². The van der Waals surface area contributed by atoms with Crippen molar-refractivity contribution in [3.05, 3.63) is 0 Å². The standard InChI is InChI=1S/C11H25N3O2S/c1-4-7-12-17(15,16)13-10-11(2,3)14-8-5-6-9-14/h12-13H,4-10H2,1-3H3. The molecule has 0 aliphatic carbocycles. The molecule has 0 atom stereocenters. The van der Waals surface area contributed by atoms with Crippen LogP contribution in [-0.4, -0.2) is 45.0 Å². The third-order valence-electron chi connectivity index (χ3n) is 3.20. The van der Waals surface area contributed by atoms with Crippen molar-refractivity contribution in [2.75, 3.05) is 26.2 Å². The Bertz CT molecular complexity index is 322. The quantitative estimate of drug-likeness (QED) is 0.710. The Morgan fingerprint density at radius 2 is 1.76 bits per heavy atom. The number of rotatable bonds is 7. The highest BCUT2D eigenvalue weighted by molar-refractivity contribution is 7.87. The molecule has 2 N–H and O–H groups in total. The fourth-order valence-electron chi connectivity index (χ4n) is 1.99. The van der Waals surface area contributed by atoms with Gasteiger partial charge < -0.3 is 0 Å². The Morgan fingerprint density at radius 3 is 2.29 bits per heavy atom. The van der Waals surface area contributed by atoms with E-state index < -0.39 is 10.2 Å². The molecule has 0 radical (unpaired) electrons. The van der Waals surface area contributed by atoms with Crippen LogP contribution in [0.1, 0.15) is 40.0 Å². The summed E-state index contributed by atoms with van der Waals surface area (Å²) in [5.74, 6) is 0. The van der Waals surface area contributed by atoms with Gasteiger partial charge in [0.1, 0.15) is 0 Å². The third-order valence-corrected chi connectivity index (χ3v) is 4.31. The molecule has 102 valence electrons. The van der Waals surface area contributed by atoms with Gasteiger partial charge in [0.15, 0.2) is 0 Å². The molecule has 0 bridgehead atoms. The Balaban J connectivity index is 2.42. The smallest absolute Gasteiger partial charge is 0.276 e. The van der Waals surface area contributed by atoms with Crippen molar-refractivity contribution in [3.8, 4) is 0 Å². The van der Waals surface area contributed by atoms with Crippen LogP contribution in [0.15, 0.2) is 0 Å². The van der Waals surface area contributed by atoms with Gasteiger partial charge in [0.2, 0.25) is 0 Å². The minimum absolute atomic E-state index is 0.114. The lowest BCUT2D eigenvalue weighted by molar-refractivity contribution is 0.158. The van der Waals surface area contributed by atoms with Crippen LogP contribution in [0.3, 0.4) is 0 Å². The molecule has 1 rings (SSSR count). The molecule has 5 nitrogen and oxygen atoms in total. The van der Waals surface area contributed by atoms with E-state index in [0.29, 0.717) is 13.1 Å². The van der Waals surface area contributed by atoms with Crippen LogP contribution < -0.4 is 9.44 Å². The van der Waals surface area contributed by atoms with E-state index >= 15 is 0 Å². The third kappa shape index (κ3) is 4.91. The summed E-state index contributed by atoms with van der Waals surface area (Å²) in [7, 11) is -3.33. The molecule has 0 saturated carbocycles. The highest BCUT2D eigenvalue weighted by Crippen LogP contribution is 2.20. The molecule has 0 aromatic heterocycles. The number of nitrogens with zero attached hydrogens (tertiary/aromatic N) is 1. The van der Waals surface area contributed by atoms with Crippen molar-refractivity contribution in [2.45, 2.75) is 45.6 Å². The Labute approximate surface area is 105 Å². The van der Waals surface area contributed by atoms with E-state index in [9.17, 15) is 8.42 Å². The second-order valence-electron chi connectivity index (χ2n) is 5.23. The van der Waals surface area contributed by atoms with Crippen LogP contribution in [-0.2, 0) is 10.2 Å². The first-order chi connectivity index (χ1) is 7.87. The fourth-order valence-corrected chi connectivity index (χ4v) is 3.11. The topological polar surface area (TPSA) is 61.4 Å². The Hall–Kier alpha value is -0.170. The van der Waals surface area contributed by atoms with Crippen molar-refractivity contribution < 1.29 is 8.42 Å². The minimum Gasteiger partial charge on any atom is -0.297 e. The van der Waals surface area contributed by atoms with Gasteiger partial charge in [-0.15, -0.1) is 0 Å². The molecule has 1 saturated heterocycles. The van der Waals surface area contributed by atoms with E-state index in [2.05, 4.69) is 28.2 Å².